The Hall–Kier alpha value is -3.88. The van der Waals surface area contributed by atoms with E-state index in [-0.39, 0.29) is 30.2 Å². The number of anilines is 2. The van der Waals surface area contributed by atoms with Crippen LogP contribution in [0, 0.1) is 0 Å². The molecular weight excluding hydrogens is 570 g/mol. The molecule has 1 aromatic heterocycles. The number of hydrogen-bond acceptors (Lipinski definition) is 7. The molecule has 3 heterocycles. The Morgan fingerprint density at radius 2 is 1.69 bits per heavy atom. The number of alkyl halides is 6. The minimum Gasteiger partial charge on any atom is -0.446 e. The van der Waals surface area contributed by atoms with E-state index in [4.69, 9.17) is 9.47 Å². The van der Waals surface area contributed by atoms with Crippen molar-refractivity contribution in [2.24, 2.45) is 7.05 Å². The van der Waals surface area contributed by atoms with Gasteiger partial charge in [-0.3, -0.25) is 4.90 Å². The lowest BCUT2D eigenvalue weighted by Crippen LogP contribution is -2.34. The molecule has 5 rings (SSSR count). The van der Waals surface area contributed by atoms with Gasteiger partial charge >= 0.3 is 18.4 Å². The van der Waals surface area contributed by atoms with E-state index >= 15 is 0 Å². The van der Waals surface area contributed by atoms with E-state index < -0.39 is 42.2 Å². The van der Waals surface area contributed by atoms with E-state index in [1.54, 1.807) is 13.8 Å². The third-order valence-electron chi connectivity index (χ3n) is 7.06. The molecule has 1 atom stereocenters. The highest BCUT2D eigenvalue weighted by Crippen LogP contribution is 2.43. The van der Waals surface area contributed by atoms with Crippen LogP contribution < -0.4 is 9.80 Å². The summed E-state index contributed by atoms with van der Waals surface area (Å²) in [5, 5.41) is 12.1. The van der Waals surface area contributed by atoms with Gasteiger partial charge in [0.25, 0.3) is 5.95 Å². The van der Waals surface area contributed by atoms with Crippen molar-refractivity contribution in [3.63, 3.8) is 0 Å². The van der Waals surface area contributed by atoms with Gasteiger partial charge in [-0.05, 0) is 84.5 Å². The van der Waals surface area contributed by atoms with Crippen molar-refractivity contribution in [1.82, 2.24) is 20.2 Å². The Labute approximate surface area is 237 Å². The van der Waals surface area contributed by atoms with Crippen molar-refractivity contribution < 1.29 is 40.6 Å². The Balaban J connectivity index is 1.64. The fourth-order valence-corrected chi connectivity index (χ4v) is 5.25. The summed E-state index contributed by atoms with van der Waals surface area (Å²) in [6.45, 7) is 3.98. The molecule has 0 saturated heterocycles. The van der Waals surface area contributed by atoms with Crippen molar-refractivity contribution in [2.45, 2.75) is 70.9 Å². The SMILES string of the molecule is CC(C)OC(=O)N1CCC[C@H](N(Cc2cc(C(F)(F)F)cc(C(F)(F)F)c2)c2nnn(C)n2)c2cc3c(cc21)COC3. The van der Waals surface area contributed by atoms with E-state index in [0.29, 0.717) is 49.4 Å². The molecule has 0 fully saturated rings. The van der Waals surface area contributed by atoms with Crippen LogP contribution in [0.2, 0.25) is 0 Å². The Morgan fingerprint density at radius 3 is 2.26 bits per heavy atom. The third kappa shape index (κ3) is 6.15. The molecule has 15 heteroatoms. The summed E-state index contributed by atoms with van der Waals surface area (Å²) >= 11 is 0. The molecule has 3 aromatic rings. The largest absolute Gasteiger partial charge is 0.446 e. The van der Waals surface area contributed by atoms with Gasteiger partial charge < -0.3 is 14.4 Å². The number of hydrogen-bond donors (Lipinski definition) is 0. The Bertz CT molecular complexity index is 1440. The first-order valence-electron chi connectivity index (χ1n) is 13.2. The number of carbonyl (C=O) groups excluding carboxylic acids is 1. The van der Waals surface area contributed by atoms with Gasteiger partial charge in [0.1, 0.15) is 0 Å². The standard InChI is InChI=1S/C27H28F6N6O3/c1-15(2)42-25(40)38-6-4-5-22(21-9-17-13-41-14-18(17)10-23(21)38)39(24-34-36-37(3)35-24)12-16-7-19(26(28,29)30)11-20(8-16)27(31,32)33/h7-11,15,22H,4-6,12-14H2,1-3H3/t22-/m0/s1. The molecule has 2 aliphatic heterocycles. The molecule has 0 aliphatic carbocycles. The number of aromatic nitrogens is 4. The summed E-state index contributed by atoms with van der Waals surface area (Å²) in [5.74, 6) is 0.00868. The van der Waals surface area contributed by atoms with E-state index in [1.807, 2.05) is 12.1 Å². The molecule has 226 valence electrons. The van der Waals surface area contributed by atoms with Crippen LogP contribution in [0.15, 0.2) is 30.3 Å². The minimum absolute atomic E-state index is 0.00868. The average molecular weight is 599 g/mol. The van der Waals surface area contributed by atoms with Gasteiger partial charge in [-0.1, -0.05) is 5.10 Å². The molecule has 9 nitrogen and oxygen atoms in total. The fourth-order valence-electron chi connectivity index (χ4n) is 5.25. The highest BCUT2D eigenvalue weighted by molar-refractivity contribution is 5.89. The second-order valence-corrected chi connectivity index (χ2v) is 10.5. The number of aryl methyl sites for hydroxylation is 1. The first-order chi connectivity index (χ1) is 19.7. The summed E-state index contributed by atoms with van der Waals surface area (Å²) < 4.78 is 93.0. The molecule has 0 spiro atoms. The van der Waals surface area contributed by atoms with Crippen LogP contribution in [0.3, 0.4) is 0 Å². The second-order valence-electron chi connectivity index (χ2n) is 10.5. The number of halogens is 6. The maximum absolute atomic E-state index is 13.7. The maximum atomic E-state index is 13.7. The molecule has 0 saturated carbocycles. The number of nitrogens with zero attached hydrogens (tertiary/aromatic N) is 6. The summed E-state index contributed by atoms with van der Waals surface area (Å²) in [7, 11) is 1.50. The Morgan fingerprint density at radius 1 is 1.05 bits per heavy atom. The first kappa shape index (κ1) is 29.6. The van der Waals surface area contributed by atoms with Gasteiger partial charge in [-0.25, -0.2) is 4.79 Å². The van der Waals surface area contributed by atoms with Gasteiger partial charge in [0, 0.05) is 13.1 Å². The highest BCUT2D eigenvalue weighted by atomic mass is 19.4. The molecule has 0 unspecified atom stereocenters. The summed E-state index contributed by atoms with van der Waals surface area (Å²) in [6.07, 6.45) is -10.1. The maximum Gasteiger partial charge on any atom is 0.416 e. The molecular formula is C27H28F6N6O3. The number of ether oxygens (including phenoxy) is 2. The molecule has 2 aromatic carbocycles. The van der Waals surface area contributed by atoms with Crippen LogP contribution in [-0.2, 0) is 48.6 Å². The average Bonchev–Trinajstić information content (AvgIpc) is 3.49. The lowest BCUT2D eigenvalue weighted by Gasteiger charge is -2.32. The van der Waals surface area contributed by atoms with Crippen molar-refractivity contribution >= 4 is 17.7 Å². The van der Waals surface area contributed by atoms with Gasteiger partial charge in [0.2, 0.25) is 0 Å². The van der Waals surface area contributed by atoms with Crippen molar-refractivity contribution in [3.05, 3.63) is 63.7 Å². The first-order valence-corrected chi connectivity index (χ1v) is 13.2. The lowest BCUT2D eigenvalue weighted by molar-refractivity contribution is -0.143. The van der Waals surface area contributed by atoms with Crippen LogP contribution in [0.4, 0.5) is 42.8 Å². The highest BCUT2D eigenvalue weighted by Gasteiger charge is 2.38. The fraction of sp³-hybridized carbons (Fsp3) is 0.481. The number of tetrazole rings is 1. The van der Waals surface area contributed by atoms with E-state index in [9.17, 15) is 31.1 Å². The zero-order chi connectivity index (χ0) is 30.4. The zero-order valence-corrected chi connectivity index (χ0v) is 23.0. The molecule has 1 amide bonds. The van der Waals surface area contributed by atoms with Gasteiger partial charge in [-0.15, -0.1) is 5.10 Å². The van der Waals surface area contributed by atoms with E-state index in [2.05, 4.69) is 15.4 Å². The van der Waals surface area contributed by atoms with E-state index in [1.165, 1.54) is 16.8 Å². The number of rotatable bonds is 5. The monoisotopic (exact) mass is 598 g/mol. The third-order valence-corrected chi connectivity index (χ3v) is 7.06. The van der Waals surface area contributed by atoms with Crippen molar-refractivity contribution in [1.29, 1.82) is 0 Å². The van der Waals surface area contributed by atoms with Crippen molar-refractivity contribution in [2.75, 3.05) is 16.3 Å². The second kappa shape index (κ2) is 11.1. The van der Waals surface area contributed by atoms with Crippen LogP contribution in [0.5, 0.6) is 0 Å². The molecule has 42 heavy (non-hydrogen) atoms. The predicted molar refractivity (Wildman–Crippen MR) is 137 cm³/mol. The van der Waals surface area contributed by atoms with Gasteiger partial charge in [-0.2, -0.15) is 31.1 Å². The number of amides is 1. The number of carbonyl (C=O) groups is 1. The number of benzene rings is 2. The molecule has 2 aliphatic rings. The summed E-state index contributed by atoms with van der Waals surface area (Å²) in [6, 6.07) is 4.52. The van der Waals surface area contributed by atoms with Gasteiger partial charge in [0.15, 0.2) is 0 Å². The number of fused-ring (bicyclic) bond motifs is 2. The van der Waals surface area contributed by atoms with Gasteiger partial charge in [0.05, 0.1) is 49.2 Å². The topological polar surface area (TPSA) is 85.6 Å². The van der Waals surface area contributed by atoms with Crippen LogP contribution in [0.1, 0.15) is 66.1 Å². The van der Waals surface area contributed by atoms with Crippen molar-refractivity contribution in [3.8, 4) is 0 Å². The molecule has 0 bridgehead atoms. The summed E-state index contributed by atoms with van der Waals surface area (Å²) in [5.41, 5.74) is -0.210. The van der Waals surface area contributed by atoms with Crippen LogP contribution >= 0.6 is 0 Å². The minimum atomic E-state index is -5.00. The lowest BCUT2D eigenvalue weighted by atomic mass is 9.95. The quantitative estimate of drug-likeness (QED) is 0.325. The summed E-state index contributed by atoms with van der Waals surface area (Å²) in [4.78, 5) is 17.3. The smallest absolute Gasteiger partial charge is 0.416 e. The Kier molecular flexibility index (Phi) is 7.81. The predicted octanol–water partition coefficient (Wildman–Crippen LogP) is 6.17. The van der Waals surface area contributed by atoms with Crippen LogP contribution in [-0.4, -0.2) is 38.9 Å². The normalized spacial score (nSPS) is 17.2. The van der Waals surface area contributed by atoms with Crippen LogP contribution in [0.25, 0.3) is 0 Å². The zero-order valence-electron chi connectivity index (χ0n) is 23.0. The molecule has 0 N–H and O–H groups in total. The molecule has 0 radical (unpaired) electrons. The van der Waals surface area contributed by atoms with E-state index in [0.717, 1.165) is 15.9 Å².